The van der Waals surface area contributed by atoms with Gasteiger partial charge in [-0.15, -0.1) is 12.4 Å². The normalized spacial score (nSPS) is 12.7. The van der Waals surface area contributed by atoms with E-state index in [0.29, 0.717) is 0 Å². The van der Waals surface area contributed by atoms with Gasteiger partial charge in [0.15, 0.2) is 0 Å². The van der Waals surface area contributed by atoms with Crippen LogP contribution in [0.15, 0.2) is 24.3 Å². The molecule has 0 amide bonds. The molecule has 19 heavy (non-hydrogen) atoms. The van der Waals surface area contributed by atoms with Crippen LogP contribution >= 0.6 is 12.4 Å². The lowest BCUT2D eigenvalue weighted by atomic mass is 10.0. The lowest BCUT2D eigenvalue weighted by molar-refractivity contribution is 0.131. The van der Waals surface area contributed by atoms with Gasteiger partial charge >= 0.3 is 0 Å². The highest BCUT2D eigenvalue weighted by molar-refractivity contribution is 5.85. The van der Waals surface area contributed by atoms with Crippen molar-refractivity contribution < 1.29 is 4.74 Å². The van der Waals surface area contributed by atoms with E-state index in [4.69, 9.17) is 16.2 Å². The fourth-order valence-corrected chi connectivity index (χ4v) is 1.81. The van der Waals surface area contributed by atoms with Crippen molar-refractivity contribution in [3.05, 3.63) is 29.8 Å². The summed E-state index contributed by atoms with van der Waals surface area (Å²) in [6, 6.07) is 8.18. The van der Waals surface area contributed by atoms with Crippen molar-refractivity contribution in [3.63, 3.8) is 0 Å². The zero-order valence-corrected chi connectivity index (χ0v) is 13.0. The molecule has 0 spiro atoms. The number of hydrogen-bond donors (Lipinski definition) is 2. The van der Waals surface area contributed by atoms with Crippen molar-refractivity contribution >= 4 is 12.4 Å². The molecule has 0 aliphatic heterocycles. The molecular formula is C15H27ClN2O. The predicted molar refractivity (Wildman–Crippen MR) is 83.9 cm³/mol. The molecule has 0 aromatic heterocycles. The molecule has 0 aliphatic carbocycles. The molecular weight excluding hydrogens is 260 g/mol. The molecule has 4 heteroatoms. The second-order valence-corrected chi connectivity index (χ2v) is 5.67. The van der Waals surface area contributed by atoms with E-state index in [1.54, 1.807) is 0 Å². The van der Waals surface area contributed by atoms with Gasteiger partial charge in [0.25, 0.3) is 0 Å². The minimum Gasteiger partial charge on any atom is -0.488 e. The van der Waals surface area contributed by atoms with Crippen LogP contribution in [0.4, 0.5) is 0 Å². The van der Waals surface area contributed by atoms with Crippen LogP contribution in [0.5, 0.6) is 5.75 Å². The molecule has 0 unspecified atom stereocenters. The highest BCUT2D eigenvalue weighted by Crippen LogP contribution is 2.22. The largest absolute Gasteiger partial charge is 0.488 e. The van der Waals surface area contributed by atoms with Crippen molar-refractivity contribution in [3.8, 4) is 5.75 Å². The minimum atomic E-state index is -0.162. The molecule has 1 aromatic rings. The number of unbranched alkanes of at least 4 members (excludes halogenated alkanes) is 1. The number of halogens is 1. The van der Waals surface area contributed by atoms with Gasteiger partial charge in [-0.2, -0.15) is 0 Å². The van der Waals surface area contributed by atoms with E-state index in [9.17, 15) is 0 Å². The third-order valence-corrected chi connectivity index (χ3v) is 2.70. The molecule has 0 saturated heterocycles. The maximum Gasteiger partial charge on any atom is 0.120 e. The van der Waals surface area contributed by atoms with Crippen molar-refractivity contribution in [2.75, 3.05) is 6.54 Å². The number of nitrogens with two attached hydrogens (primary N) is 2. The first-order valence-corrected chi connectivity index (χ1v) is 6.67. The highest BCUT2D eigenvalue weighted by Gasteiger charge is 2.12. The Morgan fingerprint density at radius 1 is 1.11 bits per heavy atom. The zero-order valence-electron chi connectivity index (χ0n) is 12.2. The monoisotopic (exact) mass is 286 g/mol. The van der Waals surface area contributed by atoms with Gasteiger partial charge in [-0.1, -0.05) is 18.6 Å². The fourth-order valence-electron chi connectivity index (χ4n) is 1.81. The Hall–Kier alpha value is -0.770. The third-order valence-electron chi connectivity index (χ3n) is 2.70. The summed E-state index contributed by atoms with van der Waals surface area (Å²) < 4.78 is 5.78. The standard InChI is InChI=1S/C15H26N2O.ClH/c1-15(2,3)18-13-9-7-12(8-10-13)14(17)6-4-5-11-16;/h7-10,14H,4-6,11,16-17H2,1-3H3;1H/t14-;/m0./s1. The van der Waals surface area contributed by atoms with Crippen molar-refractivity contribution in [1.29, 1.82) is 0 Å². The SMILES string of the molecule is CC(C)(C)Oc1ccc([C@@H](N)CCCCN)cc1.Cl. The Labute approximate surface area is 123 Å². The van der Waals surface area contributed by atoms with Crippen LogP contribution in [-0.4, -0.2) is 12.1 Å². The summed E-state index contributed by atoms with van der Waals surface area (Å²) in [5.74, 6) is 0.889. The minimum absolute atomic E-state index is 0. The summed E-state index contributed by atoms with van der Waals surface area (Å²) in [5.41, 5.74) is 12.6. The van der Waals surface area contributed by atoms with E-state index in [2.05, 4.69) is 0 Å². The van der Waals surface area contributed by atoms with Crippen molar-refractivity contribution in [2.24, 2.45) is 11.5 Å². The Balaban J connectivity index is 0.00000324. The van der Waals surface area contributed by atoms with Gasteiger partial charge in [-0.05, 0) is 57.9 Å². The smallest absolute Gasteiger partial charge is 0.120 e. The molecule has 110 valence electrons. The molecule has 1 rings (SSSR count). The van der Waals surface area contributed by atoms with Crippen LogP contribution < -0.4 is 16.2 Å². The van der Waals surface area contributed by atoms with Crippen LogP contribution in [0.1, 0.15) is 51.6 Å². The molecule has 0 bridgehead atoms. The molecule has 0 radical (unpaired) electrons. The second kappa shape index (κ2) is 8.41. The first kappa shape index (κ1) is 18.2. The summed E-state index contributed by atoms with van der Waals surface area (Å²) in [5, 5.41) is 0. The van der Waals surface area contributed by atoms with Gasteiger partial charge < -0.3 is 16.2 Å². The van der Waals surface area contributed by atoms with E-state index < -0.39 is 0 Å². The van der Waals surface area contributed by atoms with Gasteiger partial charge in [0.1, 0.15) is 11.4 Å². The Morgan fingerprint density at radius 3 is 2.16 bits per heavy atom. The average molecular weight is 287 g/mol. The van der Waals surface area contributed by atoms with Gasteiger partial charge in [0, 0.05) is 6.04 Å². The molecule has 0 fully saturated rings. The van der Waals surface area contributed by atoms with E-state index >= 15 is 0 Å². The van der Waals surface area contributed by atoms with Gasteiger partial charge in [-0.3, -0.25) is 0 Å². The maximum absolute atomic E-state index is 6.13. The predicted octanol–water partition coefficient (Wildman–Crippen LogP) is 3.41. The molecule has 3 nitrogen and oxygen atoms in total. The van der Waals surface area contributed by atoms with Crippen LogP contribution in [0, 0.1) is 0 Å². The molecule has 1 atom stereocenters. The summed E-state index contributed by atoms with van der Waals surface area (Å²) in [6.07, 6.45) is 3.10. The second-order valence-electron chi connectivity index (χ2n) is 5.67. The van der Waals surface area contributed by atoms with E-state index in [1.807, 2.05) is 45.0 Å². The van der Waals surface area contributed by atoms with E-state index in [-0.39, 0.29) is 24.0 Å². The summed E-state index contributed by atoms with van der Waals surface area (Å²) in [7, 11) is 0. The Morgan fingerprint density at radius 2 is 1.68 bits per heavy atom. The number of rotatable bonds is 6. The molecule has 0 aliphatic rings. The molecule has 0 heterocycles. The number of hydrogen-bond acceptors (Lipinski definition) is 3. The third kappa shape index (κ3) is 7.41. The van der Waals surface area contributed by atoms with Crippen molar-refractivity contribution in [1.82, 2.24) is 0 Å². The first-order valence-electron chi connectivity index (χ1n) is 6.67. The summed E-state index contributed by atoms with van der Waals surface area (Å²) in [4.78, 5) is 0. The summed E-state index contributed by atoms with van der Waals surface area (Å²) in [6.45, 7) is 6.86. The Kier molecular flexibility index (Phi) is 8.07. The topological polar surface area (TPSA) is 61.3 Å². The van der Waals surface area contributed by atoms with Crippen LogP contribution in [-0.2, 0) is 0 Å². The lowest BCUT2D eigenvalue weighted by Crippen LogP contribution is -2.22. The van der Waals surface area contributed by atoms with Crippen LogP contribution in [0.2, 0.25) is 0 Å². The Bertz CT molecular complexity index is 346. The van der Waals surface area contributed by atoms with Gasteiger partial charge in [0.2, 0.25) is 0 Å². The quantitative estimate of drug-likeness (QED) is 0.788. The molecule has 1 aromatic carbocycles. The molecule has 4 N–H and O–H groups in total. The number of benzene rings is 1. The average Bonchev–Trinajstić information content (AvgIpc) is 2.28. The zero-order chi connectivity index (χ0) is 13.6. The van der Waals surface area contributed by atoms with Crippen LogP contribution in [0.3, 0.4) is 0 Å². The number of ether oxygens (including phenoxy) is 1. The summed E-state index contributed by atoms with van der Waals surface area (Å²) >= 11 is 0. The van der Waals surface area contributed by atoms with Crippen LogP contribution in [0.25, 0.3) is 0 Å². The van der Waals surface area contributed by atoms with Gasteiger partial charge in [-0.25, -0.2) is 0 Å². The van der Waals surface area contributed by atoms with E-state index in [1.165, 1.54) is 0 Å². The highest BCUT2D eigenvalue weighted by atomic mass is 35.5. The molecule has 0 saturated carbocycles. The van der Waals surface area contributed by atoms with Crippen molar-refractivity contribution in [2.45, 2.75) is 51.7 Å². The first-order chi connectivity index (χ1) is 8.42. The van der Waals surface area contributed by atoms with E-state index in [0.717, 1.165) is 37.1 Å². The fraction of sp³-hybridized carbons (Fsp3) is 0.600. The lowest BCUT2D eigenvalue weighted by Gasteiger charge is -2.21. The maximum atomic E-state index is 6.13. The van der Waals surface area contributed by atoms with Gasteiger partial charge in [0.05, 0.1) is 0 Å².